The summed E-state index contributed by atoms with van der Waals surface area (Å²) in [5, 5.41) is 0. The number of hydrogen-bond donors (Lipinski definition) is 1. The lowest BCUT2D eigenvalue weighted by Gasteiger charge is -2.17. The summed E-state index contributed by atoms with van der Waals surface area (Å²) in [7, 11) is -3.88. The summed E-state index contributed by atoms with van der Waals surface area (Å²) in [4.78, 5) is 13.3. The second-order valence-electron chi connectivity index (χ2n) is 5.44. The number of hydrogen-bond acceptors (Lipinski definition) is 3. The minimum Gasteiger partial charge on any atom is -0.312 e. The molecule has 1 aliphatic rings. The minimum atomic E-state index is -3.88. The maximum atomic E-state index is 13.0. The highest BCUT2D eigenvalue weighted by atomic mass is 79.9. The molecular weight excluding hydrogens is 399 g/mol. The molecule has 1 heterocycles. The fraction of sp³-hybridized carbons (Fsp3) is 0.188. The zero-order chi connectivity index (χ0) is 17.5. The molecule has 0 aromatic heterocycles. The van der Waals surface area contributed by atoms with Crippen molar-refractivity contribution in [2.75, 3.05) is 16.2 Å². The van der Waals surface area contributed by atoms with Gasteiger partial charge in [-0.05, 0) is 64.3 Å². The SMILES string of the molecule is CC(=O)N1CCc2cc(Br)c(S(=O)(=O)Nc3ccc(F)cc3)cc21. The second kappa shape index (κ2) is 6.18. The van der Waals surface area contributed by atoms with Gasteiger partial charge in [-0.25, -0.2) is 12.8 Å². The number of benzene rings is 2. The average Bonchev–Trinajstić information content (AvgIpc) is 2.91. The normalized spacial score (nSPS) is 13.7. The summed E-state index contributed by atoms with van der Waals surface area (Å²) >= 11 is 3.29. The van der Waals surface area contributed by atoms with E-state index in [1.54, 1.807) is 11.0 Å². The third kappa shape index (κ3) is 3.16. The van der Waals surface area contributed by atoms with Gasteiger partial charge in [0.2, 0.25) is 5.91 Å². The molecule has 1 aliphatic heterocycles. The first-order valence-electron chi connectivity index (χ1n) is 7.17. The molecule has 0 radical (unpaired) electrons. The van der Waals surface area contributed by atoms with Gasteiger partial charge >= 0.3 is 0 Å². The molecule has 0 saturated carbocycles. The third-order valence-corrected chi connectivity index (χ3v) is 6.13. The summed E-state index contributed by atoms with van der Waals surface area (Å²) in [6, 6.07) is 8.24. The summed E-state index contributed by atoms with van der Waals surface area (Å²) < 4.78 is 41.1. The van der Waals surface area contributed by atoms with Crippen molar-refractivity contribution in [3.8, 4) is 0 Å². The summed E-state index contributed by atoms with van der Waals surface area (Å²) in [6.45, 7) is 1.98. The fourth-order valence-corrected chi connectivity index (χ4v) is 4.82. The molecule has 8 heteroatoms. The lowest BCUT2D eigenvalue weighted by Crippen LogP contribution is -2.26. The molecule has 1 N–H and O–H groups in total. The van der Waals surface area contributed by atoms with Crippen LogP contribution in [0.1, 0.15) is 12.5 Å². The summed E-state index contributed by atoms with van der Waals surface area (Å²) in [6.07, 6.45) is 0.680. The van der Waals surface area contributed by atoms with Crippen LogP contribution in [0.5, 0.6) is 0 Å². The van der Waals surface area contributed by atoms with Crippen LogP contribution < -0.4 is 9.62 Å². The second-order valence-corrected chi connectivity index (χ2v) is 7.95. The number of carbonyl (C=O) groups is 1. The molecule has 0 atom stereocenters. The first-order valence-corrected chi connectivity index (χ1v) is 9.44. The zero-order valence-corrected chi connectivity index (χ0v) is 15.1. The van der Waals surface area contributed by atoms with E-state index in [1.165, 1.54) is 37.3 Å². The molecule has 2 aromatic carbocycles. The Morgan fingerprint density at radius 2 is 1.92 bits per heavy atom. The van der Waals surface area contributed by atoms with E-state index in [9.17, 15) is 17.6 Å². The fourth-order valence-electron chi connectivity index (χ4n) is 2.65. The number of fused-ring (bicyclic) bond motifs is 1. The maximum absolute atomic E-state index is 13.0. The quantitative estimate of drug-likeness (QED) is 0.840. The predicted molar refractivity (Wildman–Crippen MR) is 93.1 cm³/mol. The molecule has 3 rings (SSSR count). The highest BCUT2D eigenvalue weighted by Gasteiger charge is 2.27. The van der Waals surface area contributed by atoms with E-state index in [1.807, 2.05) is 0 Å². The highest BCUT2D eigenvalue weighted by molar-refractivity contribution is 9.10. The van der Waals surface area contributed by atoms with Gasteiger partial charge in [0.15, 0.2) is 0 Å². The van der Waals surface area contributed by atoms with Crippen LogP contribution in [0.3, 0.4) is 0 Å². The Morgan fingerprint density at radius 3 is 2.54 bits per heavy atom. The van der Waals surface area contributed by atoms with E-state index in [0.717, 1.165) is 5.56 Å². The summed E-state index contributed by atoms with van der Waals surface area (Å²) in [5.41, 5.74) is 1.77. The Hall–Kier alpha value is -1.93. The van der Waals surface area contributed by atoms with Crippen LogP contribution in [0, 0.1) is 5.82 Å². The van der Waals surface area contributed by atoms with E-state index in [-0.39, 0.29) is 16.5 Å². The molecule has 24 heavy (non-hydrogen) atoms. The topological polar surface area (TPSA) is 66.5 Å². The lowest BCUT2D eigenvalue weighted by atomic mass is 10.2. The van der Waals surface area contributed by atoms with Crippen molar-refractivity contribution < 1.29 is 17.6 Å². The minimum absolute atomic E-state index is 0.0266. The monoisotopic (exact) mass is 412 g/mol. The number of anilines is 2. The van der Waals surface area contributed by atoms with Crippen molar-refractivity contribution in [1.29, 1.82) is 0 Å². The van der Waals surface area contributed by atoms with Crippen molar-refractivity contribution >= 4 is 43.2 Å². The van der Waals surface area contributed by atoms with Crippen molar-refractivity contribution in [3.63, 3.8) is 0 Å². The molecule has 2 aromatic rings. The van der Waals surface area contributed by atoms with Gasteiger partial charge in [0.1, 0.15) is 10.7 Å². The van der Waals surface area contributed by atoms with E-state index in [2.05, 4.69) is 20.7 Å². The predicted octanol–water partition coefficient (Wildman–Crippen LogP) is 3.30. The van der Waals surface area contributed by atoms with Crippen LogP contribution in [-0.4, -0.2) is 20.9 Å². The molecule has 0 saturated heterocycles. The molecule has 0 spiro atoms. The number of rotatable bonds is 3. The molecule has 0 unspecified atom stereocenters. The largest absolute Gasteiger partial charge is 0.312 e. The van der Waals surface area contributed by atoms with E-state index < -0.39 is 15.8 Å². The molecule has 126 valence electrons. The molecule has 1 amide bonds. The van der Waals surface area contributed by atoms with Crippen molar-refractivity contribution in [1.82, 2.24) is 0 Å². The number of halogens is 2. The van der Waals surface area contributed by atoms with Crippen molar-refractivity contribution in [2.24, 2.45) is 0 Å². The summed E-state index contributed by atoms with van der Waals surface area (Å²) in [5.74, 6) is -0.584. The highest BCUT2D eigenvalue weighted by Crippen LogP contribution is 2.36. The number of nitrogens with one attached hydrogen (secondary N) is 1. The average molecular weight is 413 g/mol. The molecule has 5 nitrogen and oxygen atoms in total. The van der Waals surface area contributed by atoms with Crippen LogP contribution in [-0.2, 0) is 21.2 Å². The number of sulfonamides is 1. The van der Waals surface area contributed by atoms with Gasteiger partial charge in [-0.3, -0.25) is 9.52 Å². The van der Waals surface area contributed by atoms with Gasteiger partial charge < -0.3 is 4.90 Å². The van der Waals surface area contributed by atoms with Crippen LogP contribution in [0.15, 0.2) is 45.8 Å². The Kier molecular flexibility index (Phi) is 4.35. The van der Waals surface area contributed by atoms with Crippen molar-refractivity contribution in [3.05, 3.63) is 52.3 Å². The maximum Gasteiger partial charge on any atom is 0.263 e. The van der Waals surface area contributed by atoms with Gasteiger partial charge in [-0.2, -0.15) is 0 Å². The molecular formula is C16H14BrFN2O3S. The molecule has 0 fully saturated rings. The molecule has 0 aliphatic carbocycles. The van der Waals surface area contributed by atoms with Crippen molar-refractivity contribution in [2.45, 2.75) is 18.2 Å². The number of nitrogens with zero attached hydrogens (tertiary/aromatic N) is 1. The van der Waals surface area contributed by atoms with E-state index in [4.69, 9.17) is 0 Å². The number of carbonyl (C=O) groups excluding carboxylic acids is 1. The van der Waals surface area contributed by atoms with Gasteiger partial charge in [-0.15, -0.1) is 0 Å². The standard InChI is InChI=1S/C16H14BrFN2O3S/c1-10(21)20-7-6-11-8-14(17)16(9-15(11)20)24(22,23)19-13-4-2-12(18)3-5-13/h2-5,8-9,19H,6-7H2,1H3. The van der Waals surface area contributed by atoms with Crippen LogP contribution >= 0.6 is 15.9 Å². The van der Waals surface area contributed by atoms with Gasteiger partial charge in [0, 0.05) is 29.3 Å². The van der Waals surface area contributed by atoms with Crippen LogP contribution in [0.4, 0.5) is 15.8 Å². The number of amides is 1. The smallest absolute Gasteiger partial charge is 0.263 e. The Bertz CT molecular complexity index is 914. The van der Waals surface area contributed by atoms with Crippen LogP contribution in [0.2, 0.25) is 0 Å². The van der Waals surface area contributed by atoms with E-state index >= 15 is 0 Å². The van der Waals surface area contributed by atoms with Crippen LogP contribution in [0.25, 0.3) is 0 Å². The Labute approximate surface area is 147 Å². The first kappa shape index (κ1) is 16.9. The molecule has 0 bridgehead atoms. The Morgan fingerprint density at radius 1 is 1.25 bits per heavy atom. The van der Waals surface area contributed by atoms with Gasteiger partial charge in [0.05, 0.1) is 0 Å². The van der Waals surface area contributed by atoms with Gasteiger partial charge in [-0.1, -0.05) is 0 Å². The zero-order valence-electron chi connectivity index (χ0n) is 12.7. The Balaban J connectivity index is 2.00. The first-order chi connectivity index (χ1) is 11.3. The lowest BCUT2D eigenvalue weighted by molar-refractivity contribution is -0.116. The van der Waals surface area contributed by atoms with Gasteiger partial charge in [0.25, 0.3) is 10.0 Å². The van der Waals surface area contributed by atoms with E-state index in [0.29, 0.717) is 23.1 Å². The third-order valence-electron chi connectivity index (χ3n) is 3.79.